The number of carbonyl (C=O) groups is 2. The summed E-state index contributed by atoms with van der Waals surface area (Å²) in [6.45, 7) is 1.93. The monoisotopic (exact) mass is 245 g/mol. The maximum Gasteiger partial charge on any atom is 0.286 e. The molecule has 2 amide bonds. The summed E-state index contributed by atoms with van der Waals surface area (Å²) in [6, 6.07) is 4.95. The van der Waals surface area contributed by atoms with Gasteiger partial charge in [0, 0.05) is 12.5 Å². The molecule has 0 aliphatic carbocycles. The number of carbonyl (C=O) groups excluding carboxylic acids is 3. The summed E-state index contributed by atoms with van der Waals surface area (Å²) in [4.78, 5) is 39.2. The fourth-order valence-corrected chi connectivity index (χ4v) is 1.90. The highest BCUT2D eigenvalue weighted by Crippen LogP contribution is 2.26. The fraction of sp³-hybridized carbons (Fsp3) is 0.231. The van der Waals surface area contributed by atoms with Gasteiger partial charge >= 0.3 is 0 Å². The first-order chi connectivity index (χ1) is 8.70. The zero-order chi connectivity index (χ0) is 13.1. The van der Waals surface area contributed by atoms with Gasteiger partial charge in [-0.1, -0.05) is 12.1 Å². The first-order valence-electron chi connectivity index (χ1n) is 5.53. The van der Waals surface area contributed by atoms with Crippen LogP contribution in [0.3, 0.4) is 0 Å². The molecule has 0 radical (unpaired) electrons. The van der Waals surface area contributed by atoms with Crippen LogP contribution in [0.4, 0.5) is 0 Å². The van der Waals surface area contributed by atoms with Crippen LogP contribution < -0.4 is 0 Å². The summed E-state index contributed by atoms with van der Waals surface area (Å²) >= 11 is 0. The lowest BCUT2D eigenvalue weighted by Crippen LogP contribution is -2.30. The SMILES string of the molecule is CCON1C(=O)c2cccc(CC=C=O)c2C1=O. The minimum absolute atomic E-state index is 0.231. The van der Waals surface area contributed by atoms with Gasteiger partial charge in [-0.25, -0.2) is 4.79 Å². The van der Waals surface area contributed by atoms with Gasteiger partial charge in [0.25, 0.3) is 11.8 Å². The molecule has 1 aliphatic rings. The van der Waals surface area contributed by atoms with Crippen molar-refractivity contribution in [1.82, 2.24) is 5.06 Å². The highest BCUT2D eigenvalue weighted by atomic mass is 16.7. The number of imide groups is 1. The van der Waals surface area contributed by atoms with Crippen LogP contribution in [-0.4, -0.2) is 29.4 Å². The largest absolute Gasteiger partial charge is 0.286 e. The first-order valence-corrected chi connectivity index (χ1v) is 5.53. The van der Waals surface area contributed by atoms with Crippen LogP contribution in [-0.2, 0) is 16.1 Å². The van der Waals surface area contributed by atoms with Gasteiger partial charge in [-0.3, -0.25) is 14.4 Å². The lowest BCUT2D eigenvalue weighted by Gasteiger charge is -2.11. The van der Waals surface area contributed by atoms with Crippen LogP contribution in [0.2, 0.25) is 0 Å². The highest BCUT2D eigenvalue weighted by Gasteiger charge is 2.38. The molecule has 18 heavy (non-hydrogen) atoms. The van der Waals surface area contributed by atoms with Crippen LogP contribution in [0.5, 0.6) is 0 Å². The number of fused-ring (bicyclic) bond motifs is 1. The van der Waals surface area contributed by atoms with Gasteiger partial charge in [-0.05, 0) is 18.6 Å². The molecular weight excluding hydrogens is 234 g/mol. The molecular formula is C13H11NO4. The molecule has 1 aliphatic heterocycles. The van der Waals surface area contributed by atoms with Crippen molar-refractivity contribution < 1.29 is 19.2 Å². The molecule has 0 bridgehead atoms. The normalized spacial score (nSPS) is 13.5. The standard InChI is InChI=1S/C13H11NO4/c1-2-18-14-12(16)10-7-3-5-9(6-4-8-15)11(10)13(14)17/h3-5,7H,2,6H2,1H3. The van der Waals surface area contributed by atoms with Gasteiger partial charge in [-0.15, -0.1) is 5.06 Å². The summed E-state index contributed by atoms with van der Waals surface area (Å²) in [5.41, 5.74) is 1.24. The molecule has 1 heterocycles. The molecule has 0 spiro atoms. The Labute approximate surface area is 104 Å². The number of nitrogens with zero attached hydrogens (tertiary/aromatic N) is 1. The third-order valence-electron chi connectivity index (χ3n) is 2.63. The van der Waals surface area contributed by atoms with Crippen LogP contribution in [0.15, 0.2) is 24.3 Å². The van der Waals surface area contributed by atoms with Crippen molar-refractivity contribution in [3.8, 4) is 0 Å². The van der Waals surface area contributed by atoms with Crippen molar-refractivity contribution in [3.63, 3.8) is 0 Å². The summed E-state index contributed by atoms with van der Waals surface area (Å²) in [6.07, 6.45) is 1.54. The van der Waals surface area contributed by atoms with E-state index in [1.54, 1.807) is 31.1 Å². The van der Waals surface area contributed by atoms with E-state index in [2.05, 4.69) is 0 Å². The van der Waals surface area contributed by atoms with Crippen molar-refractivity contribution in [2.45, 2.75) is 13.3 Å². The molecule has 1 aromatic carbocycles. The quantitative estimate of drug-likeness (QED) is 0.590. The van der Waals surface area contributed by atoms with Crippen LogP contribution >= 0.6 is 0 Å². The van der Waals surface area contributed by atoms with Crippen LogP contribution in [0, 0.1) is 0 Å². The average Bonchev–Trinajstić information content (AvgIpc) is 2.63. The minimum Gasteiger partial charge on any atom is -0.266 e. The van der Waals surface area contributed by atoms with Gasteiger partial charge < -0.3 is 0 Å². The molecule has 5 nitrogen and oxygen atoms in total. The molecule has 0 aromatic heterocycles. The molecule has 0 unspecified atom stereocenters. The third kappa shape index (κ3) is 1.86. The number of amides is 2. The molecule has 5 heteroatoms. The van der Waals surface area contributed by atoms with Gasteiger partial charge in [0.1, 0.15) is 5.94 Å². The third-order valence-corrected chi connectivity index (χ3v) is 2.63. The zero-order valence-electron chi connectivity index (χ0n) is 9.80. The topological polar surface area (TPSA) is 63.7 Å². The van der Waals surface area contributed by atoms with E-state index in [0.29, 0.717) is 16.7 Å². The van der Waals surface area contributed by atoms with Crippen molar-refractivity contribution in [1.29, 1.82) is 0 Å². The summed E-state index contributed by atoms with van der Waals surface area (Å²) < 4.78 is 0. The van der Waals surface area contributed by atoms with E-state index in [-0.39, 0.29) is 13.0 Å². The van der Waals surface area contributed by atoms with Crippen molar-refractivity contribution >= 4 is 17.8 Å². The number of hydrogen-bond donors (Lipinski definition) is 0. The van der Waals surface area contributed by atoms with Crippen LogP contribution in [0.1, 0.15) is 33.2 Å². The Hall–Kier alpha value is -2.23. The van der Waals surface area contributed by atoms with E-state index in [9.17, 15) is 14.4 Å². The van der Waals surface area contributed by atoms with E-state index < -0.39 is 11.8 Å². The Balaban J connectivity index is 2.47. The smallest absolute Gasteiger partial charge is 0.266 e. The number of allylic oxidation sites excluding steroid dienone is 1. The molecule has 0 saturated heterocycles. The van der Waals surface area contributed by atoms with Gasteiger partial charge in [0.15, 0.2) is 0 Å². The number of rotatable bonds is 4. The van der Waals surface area contributed by atoms with E-state index in [0.717, 1.165) is 5.06 Å². The minimum atomic E-state index is -0.480. The Morgan fingerprint density at radius 2 is 2.11 bits per heavy atom. The summed E-state index contributed by atoms with van der Waals surface area (Å²) in [5.74, 6) is 0.710. The Kier molecular flexibility index (Phi) is 3.37. The Morgan fingerprint density at radius 3 is 2.78 bits per heavy atom. The van der Waals surface area contributed by atoms with E-state index in [1.807, 2.05) is 0 Å². The second-order valence-corrected chi connectivity index (χ2v) is 3.69. The number of benzene rings is 1. The Bertz CT molecular complexity index is 558. The fourth-order valence-electron chi connectivity index (χ4n) is 1.90. The molecule has 92 valence electrons. The molecule has 0 N–H and O–H groups in total. The van der Waals surface area contributed by atoms with Gasteiger partial charge in [-0.2, -0.15) is 0 Å². The first kappa shape index (κ1) is 12.2. The lowest BCUT2D eigenvalue weighted by atomic mass is 10.0. The van der Waals surface area contributed by atoms with Crippen LogP contribution in [0.25, 0.3) is 0 Å². The predicted octanol–water partition coefficient (Wildman–Crippen LogP) is 1.16. The van der Waals surface area contributed by atoms with Crippen molar-refractivity contribution in [2.24, 2.45) is 0 Å². The van der Waals surface area contributed by atoms with E-state index >= 15 is 0 Å². The summed E-state index contributed by atoms with van der Waals surface area (Å²) in [5, 5.41) is 0.763. The molecule has 2 rings (SSSR count). The second-order valence-electron chi connectivity index (χ2n) is 3.69. The van der Waals surface area contributed by atoms with E-state index in [4.69, 9.17) is 4.84 Å². The maximum atomic E-state index is 12.0. The molecule has 1 aromatic rings. The molecule has 0 saturated carbocycles. The lowest BCUT2D eigenvalue weighted by molar-refractivity contribution is -0.0863. The number of hydroxylamine groups is 2. The second kappa shape index (κ2) is 4.96. The molecule has 0 atom stereocenters. The maximum absolute atomic E-state index is 12.0. The zero-order valence-corrected chi connectivity index (χ0v) is 9.80. The average molecular weight is 245 g/mol. The summed E-state index contributed by atoms with van der Waals surface area (Å²) in [7, 11) is 0. The van der Waals surface area contributed by atoms with Gasteiger partial charge in [0.05, 0.1) is 17.7 Å². The predicted molar refractivity (Wildman–Crippen MR) is 62.5 cm³/mol. The van der Waals surface area contributed by atoms with Gasteiger partial charge in [0.2, 0.25) is 0 Å². The highest BCUT2D eigenvalue weighted by molar-refractivity contribution is 6.21. The molecule has 0 fully saturated rings. The number of hydrogen-bond acceptors (Lipinski definition) is 4. The Morgan fingerprint density at radius 1 is 1.33 bits per heavy atom. The van der Waals surface area contributed by atoms with E-state index in [1.165, 1.54) is 6.08 Å². The van der Waals surface area contributed by atoms with Crippen molar-refractivity contribution in [2.75, 3.05) is 6.61 Å². The van der Waals surface area contributed by atoms with Crippen molar-refractivity contribution in [3.05, 3.63) is 41.0 Å².